The Hall–Kier alpha value is -1.32. The summed E-state index contributed by atoms with van der Waals surface area (Å²) in [5, 5.41) is 12.9. The van der Waals surface area contributed by atoms with Crippen molar-refractivity contribution in [3.63, 3.8) is 0 Å². The van der Waals surface area contributed by atoms with Gasteiger partial charge in [-0.25, -0.2) is 0 Å². The first-order chi connectivity index (χ1) is 6.24. The van der Waals surface area contributed by atoms with Crippen molar-refractivity contribution < 1.29 is 9.90 Å². The van der Waals surface area contributed by atoms with E-state index in [-0.39, 0.29) is 11.8 Å². The molecule has 1 saturated carbocycles. The van der Waals surface area contributed by atoms with Crippen LogP contribution in [0.2, 0.25) is 0 Å². The highest BCUT2D eigenvalue weighted by Crippen LogP contribution is 2.47. The van der Waals surface area contributed by atoms with Crippen LogP contribution in [0.25, 0.3) is 0 Å². The van der Waals surface area contributed by atoms with Crippen molar-refractivity contribution in [1.29, 1.82) is 0 Å². The number of carboxylic acid groups (broad SMARTS) is 1. The van der Waals surface area contributed by atoms with Crippen molar-refractivity contribution in [3.8, 4) is 0 Å². The number of carbonyl (C=O) groups is 1. The van der Waals surface area contributed by atoms with Gasteiger partial charge in [0.05, 0.1) is 5.92 Å². The Morgan fingerprint density at radius 2 is 2.62 bits per heavy atom. The van der Waals surface area contributed by atoms with Gasteiger partial charge in [-0.2, -0.15) is 5.10 Å². The highest BCUT2D eigenvalue weighted by molar-refractivity contribution is 5.75. The van der Waals surface area contributed by atoms with Gasteiger partial charge >= 0.3 is 5.97 Å². The molecule has 0 aliphatic heterocycles. The third kappa shape index (κ3) is 1.32. The third-order valence-corrected chi connectivity index (χ3v) is 2.54. The standard InChI is InChI=1S/C9H12N2O2/c1-2-11-8(3-4-10-11)6-5-7(6)9(12)13/h3-4,6-7H,2,5H2,1H3,(H,12,13)/t6-,7+/m1/s1. The maximum absolute atomic E-state index is 10.6. The molecule has 70 valence electrons. The van der Waals surface area contributed by atoms with Gasteiger partial charge < -0.3 is 5.11 Å². The minimum absolute atomic E-state index is 0.179. The topological polar surface area (TPSA) is 55.1 Å². The first kappa shape index (κ1) is 8.29. The van der Waals surface area contributed by atoms with E-state index in [1.807, 2.05) is 17.7 Å². The quantitative estimate of drug-likeness (QED) is 0.757. The Morgan fingerprint density at radius 3 is 3.15 bits per heavy atom. The summed E-state index contributed by atoms with van der Waals surface area (Å²) in [4.78, 5) is 10.6. The molecule has 0 unspecified atom stereocenters. The molecular formula is C9H12N2O2. The molecule has 1 heterocycles. The molecule has 13 heavy (non-hydrogen) atoms. The molecule has 0 aromatic carbocycles. The zero-order chi connectivity index (χ0) is 9.42. The smallest absolute Gasteiger partial charge is 0.307 e. The van der Waals surface area contributed by atoms with Crippen molar-refractivity contribution in [2.75, 3.05) is 0 Å². The molecule has 4 heteroatoms. The largest absolute Gasteiger partial charge is 0.481 e. The Labute approximate surface area is 76.2 Å². The van der Waals surface area contributed by atoms with Crippen LogP contribution in [0.3, 0.4) is 0 Å². The summed E-state index contributed by atoms with van der Waals surface area (Å²) in [6.07, 6.45) is 2.50. The van der Waals surface area contributed by atoms with E-state index in [9.17, 15) is 4.79 Å². The second kappa shape index (κ2) is 2.87. The summed E-state index contributed by atoms with van der Waals surface area (Å²) in [7, 11) is 0. The molecule has 2 atom stereocenters. The van der Waals surface area contributed by atoms with Gasteiger partial charge in [-0.05, 0) is 19.4 Å². The lowest BCUT2D eigenvalue weighted by Crippen LogP contribution is -2.04. The molecule has 1 aromatic heterocycles. The van der Waals surface area contributed by atoms with Crippen LogP contribution >= 0.6 is 0 Å². The third-order valence-electron chi connectivity index (χ3n) is 2.54. The van der Waals surface area contributed by atoms with Gasteiger partial charge in [0.1, 0.15) is 0 Å². The first-order valence-electron chi connectivity index (χ1n) is 4.48. The molecule has 0 spiro atoms. The predicted octanol–water partition coefficient (Wildman–Crippen LogP) is 1.09. The number of aliphatic carboxylic acids is 1. The van der Waals surface area contributed by atoms with E-state index >= 15 is 0 Å². The maximum Gasteiger partial charge on any atom is 0.307 e. The molecule has 1 aliphatic rings. The second-order valence-corrected chi connectivity index (χ2v) is 3.36. The van der Waals surface area contributed by atoms with E-state index in [1.54, 1.807) is 6.20 Å². The van der Waals surface area contributed by atoms with Crippen LogP contribution in [-0.4, -0.2) is 20.9 Å². The molecule has 0 saturated heterocycles. The lowest BCUT2D eigenvalue weighted by Gasteiger charge is -2.01. The van der Waals surface area contributed by atoms with E-state index in [0.29, 0.717) is 0 Å². The fourth-order valence-corrected chi connectivity index (χ4v) is 1.72. The molecule has 2 rings (SSSR count). The zero-order valence-corrected chi connectivity index (χ0v) is 7.47. The second-order valence-electron chi connectivity index (χ2n) is 3.36. The van der Waals surface area contributed by atoms with Crippen molar-refractivity contribution in [3.05, 3.63) is 18.0 Å². The average Bonchev–Trinajstić information content (AvgIpc) is 2.77. The summed E-state index contributed by atoms with van der Waals surface area (Å²) in [6, 6.07) is 1.91. The van der Waals surface area contributed by atoms with Gasteiger partial charge in [-0.15, -0.1) is 0 Å². The Balaban J connectivity index is 2.15. The van der Waals surface area contributed by atoms with E-state index in [0.717, 1.165) is 18.7 Å². The number of hydrogen-bond donors (Lipinski definition) is 1. The predicted molar refractivity (Wildman–Crippen MR) is 46.4 cm³/mol. The Bertz CT molecular complexity index is 332. The lowest BCUT2D eigenvalue weighted by atomic mass is 10.2. The van der Waals surface area contributed by atoms with Crippen LogP contribution < -0.4 is 0 Å². The van der Waals surface area contributed by atoms with Crippen molar-refractivity contribution in [1.82, 2.24) is 9.78 Å². The maximum atomic E-state index is 10.6. The fraction of sp³-hybridized carbons (Fsp3) is 0.556. The SMILES string of the molecule is CCn1nccc1[C@@H]1C[C@@H]1C(=O)O. The fourth-order valence-electron chi connectivity index (χ4n) is 1.72. The summed E-state index contributed by atoms with van der Waals surface area (Å²) in [5.74, 6) is -0.671. The molecule has 0 radical (unpaired) electrons. The molecule has 1 N–H and O–H groups in total. The van der Waals surface area contributed by atoms with Gasteiger partial charge in [0.15, 0.2) is 0 Å². The van der Waals surface area contributed by atoms with Crippen LogP contribution in [0.4, 0.5) is 0 Å². The molecule has 1 aliphatic carbocycles. The molecule has 1 fully saturated rings. The minimum atomic E-state index is -0.686. The molecule has 0 amide bonds. The number of hydrogen-bond acceptors (Lipinski definition) is 2. The van der Waals surface area contributed by atoms with Gasteiger partial charge in [-0.3, -0.25) is 9.48 Å². The van der Waals surface area contributed by atoms with E-state index in [4.69, 9.17) is 5.11 Å². The summed E-state index contributed by atoms with van der Waals surface area (Å²) in [5.41, 5.74) is 1.06. The van der Waals surface area contributed by atoms with Gasteiger partial charge in [0, 0.05) is 24.4 Å². The summed E-state index contributed by atoms with van der Waals surface area (Å²) < 4.78 is 1.87. The van der Waals surface area contributed by atoms with Crippen molar-refractivity contribution >= 4 is 5.97 Å². The summed E-state index contributed by atoms with van der Waals surface area (Å²) >= 11 is 0. The number of aromatic nitrogens is 2. The van der Waals surface area contributed by atoms with Crippen LogP contribution in [-0.2, 0) is 11.3 Å². The lowest BCUT2D eigenvalue weighted by molar-refractivity contribution is -0.138. The van der Waals surface area contributed by atoms with Gasteiger partial charge in [0.2, 0.25) is 0 Å². The molecular weight excluding hydrogens is 168 g/mol. The number of rotatable bonds is 3. The summed E-state index contributed by atoms with van der Waals surface area (Å²) in [6.45, 7) is 2.82. The number of carboxylic acids is 1. The van der Waals surface area contributed by atoms with Crippen LogP contribution in [0, 0.1) is 5.92 Å². The first-order valence-corrected chi connectivity index (χ1v) is 4.48. The van der Waals surface area contributed by atoms with Gasteiger partial charge in [0.25, 0.3) is 0 Å². The number of nitrogens with zero attached hydrogens (tertiary/aromatic N) is 2. The van der Waals surface area contributed by atoms with Crippen molar-refractivity contribution in [2.45, 2.75) is 25.8 Å². The monoisotopic (exact) mass is 180 g/mol. The van der Waals surface area contributed by atoms with Crippen LogP contribution in [0.15, 0.2) is 12.3 Å². The average molecular weight is 180 g/mol. The Kier molecular flexibility index (Phi) is 1.83. The molecule has 1 aromatic rings. The Morgan fingerprint density at radius 1 is 1.85 bits per heavy atom. The highest BCUT2D eigenvalue weighted by Gasteiger charge is 2.45. The van der Waals surface area contributed by atoms with E-state index < -0.39 is 5.97 Å². The van der Waals surface area contributed by atoms with E-state index in [2.05, 4.69) is 5.10 Å². The number of aryl methyl sites for hydroxylation is 1. The highest BCUT2D eigenvalue weighted by atomic mass is 16.4. The zero-order valence-electron chi connectivity index (χ0n) is 7.47. The van der Waals surface area contributed by atoms with Gasteiger partial charge in [-0.1, -0.05) is 0 Å². The van der Waals surface area contributed by atoms with Crippen LogP contribution in [0.1, 0.15) is 25.0 Å². The van der Waals surface area contributed by atoms with Crippen LogP contribution in [0.5, 0.6) is 0 Å². The minimum Gasteiger partial charge on any atom is -0.481 e. The normalized spacial score (nSPS) is 25.9. The molecule has 4 nitrogen and oxygen atoms in total. The van der Waals surface area contributed by atoms with E-state index in [1.165, 1.54) is 0 Å². The molecule has 0 bridgehead atoms. The van der Waals surface area contributed by atoms with Crippen molar-refractivity contribution in [2.24, 2.45) is 5.92 Å².